The molecule has 1 aromatic carbocycles. The summed E-state index contributed by atoms with van der Waals surface area (Å²) >= 11 is 0. The smallest absolute Gasteiger partial charge is 0.0692 e. The van der Waals surface area contributed by atoms with Crippen molar-refractivity contribution in [3.63, 3.8) is 0 Å². The third kappa shape index (κ3) is 5.61. The molecule has 0 aromatic heterocycles. The predicted molar refractivity (Wildman–Crippen MR) is 84.3 cm³/mol. The Labute approximate surface area is 118 Å². The quantitative estimate of drug-likeness (QED) is 0.631. The van der Waals surface area contributed by atoms with E-state index in [2.05, 4.69) is 58.5 Å². The number of rotatable bonds is 8. The van der Waals surface area contributed by atoms with Crippen molar-refractivity contribution < 1.29 is 4.74 Å². The Bertz CT molecular complexity index is 377. The first-order valence-electron chi connectivity index (χ1n) is 7.34. The van der Waals surface area contributed by atoms with Crippen molar-refractivity contribution in [2.24, 2.45) is 5.92 Å². The lowest BCUT2D eigenvalue weighted by Gasteiger charge is -2.29. The van der Waals surface area contributed by atoms with Crippen LogP contribution in [0.4, 0.5) is 0 Å². The summed E-state index contributed by atoms with van der Waals surface area (Å²) in [5, 5.41) is 0. The van der Waals surface area contributed by atoms with Gasteiger partial charge < -0.3 is 4.74 Å². The van der Waals surface area contributed by atoms with E-state index in [1.54, 1.807) is 0 Å². The number of hydrogen-bond acceptors (Lipinski definition) is 1. The third-order valence-electron chi connectivity index (χ3n) is 3.69. The molecule has 0 aliphatic heterocycles. The molecule has 0 radical (unpaired) electrons. The van der Waals surface area contributed by atoms with E-state index in [1.165, 1.54) is 11.1 Å². The van der Waals surface area contributed by atoms with Crippen molar-refractivity contribution in [3.8, 4) is 0 Å². The summed E-state index contributed by atoms with van der Waals surface area (Å²) in [6.45, 7) is 13.5. The van der Waals surface area contributed by atoms with Crippen molar-refractivity contribution in [1.29, 1.82) is 0 Å². The van der Waals surface area contributed by atoms with Crippen LogP contribution in [0.25, 0.3) is 6.08 Å². The first-order valence-corrected chi connectivity index (χ1v) is 7.34. The molecule has 106 valence electrons. The molecule has 0 bridgehead atoms. The van der Waals surface area contributed by atoms with Crippen LogP contribution in [-0.4, -0.2) is 12.2 Å². The Morgan fingerprint density at radius 2 is 1.89 bits per heavy atom. The SMILES string of the molecule is C=Cc1ccc(CC(C)(CC)OCCC(C)C)cc1. The molecule has 0 saturated carbocycles. The van der Waals surface area contributed by atoms with E-state index in [0.29, 0.717) is 5.92 Å². The molecule has 1 unspecified atom stereocenters. The Morgan fingerprint density at radius 3 is 2.37 bits per heavy atom. The van der Waals surface area contributed by atoms with Gasteiger partial charge in [-0.1, -0.05) is 57.7 Å². The van der Waals surface area contributed by atoms with Gasteiger partial charge in [0.1, 0.15) is 0 Å². The molecule has 19 heavy (non-hydrogen) atoms. The monoisotopic (exact) mass is 260 g/mol. The summed E-state index contributed by atoms with van der Waals surface area (Å²) < 4.78 is 6.13. The molecular weight excluding hydrogens is 232 g/mol. The molecule has 1 aromatic rings. The second-order valence-electron chi connectivity index (χ2n) is 5.96. The van der Waals surface area contributed by atoms with Crippen LogP contribution >= 0.6 is 0 Å². The fourth-order valence-electron chi connectivity index (χ4n) is 2.02. The molecule has 0 saturated heterocycles. The Morgan fingerprint density at radius 1 is 1.26 bits per heavy atom. The van der Waals surface area contributed by atoms with E-state index in [9.17, 15) is 0 Å². The van der Waals surface area contributed by atoms with Crippen LogP contribution in [0.5, 0.6) is 0 Å². The Kier molecular flexibility index (Phi) is 6.30. The van der Waals surface area contributed by atoms with E-state index >= 15 is 0 Å². The number of hydrogen-bond donors (Lipinski definition) is 0. The molecule has 0 spiro atoms. The van der Waals surface area contributed by atoms with Crippen LogP contribution in [-0.2, 0) is 11.2 Å². The minimum absolute atomic E-state index is 0.0510. The summed E-state index contributed by atoms with van der Waals surface area (Å²) in [7, 11) is 0. The summed E-state index contributed by atoms with van der Waals surface area (Å²) in [5.74, 6) is 0.702. The largest absolute Gasteiger partial charge is 0.375 e. The Hall–Kier alpha value is -1.08. The predicted octanol–water partition coefficient (Wildman–Crippen LogP) is 5.10. The molecule has 0 aliphatic rings. The molecule has 0 fully saturated rings. The average Bonchev–Trinajstić information content (AvgIpc) is 2.39. The number of ether oxygens (including phenoxy) is 1. The van der Waals surface area contributed by atoms with Crippen molar-refractivity contribution in [2.75, 3.05) is 6.61 Å². The maximum absolute atomic E-state index is 6.13. The van der Waals surface area contributed by atoms with Crippen LogP contribution in [0.15, 0.2) is 30.8 Å². The molecule has 0 heterocycles. The standard InChI is InChI=1S/C18H28O/c1-6-16-8-10-17(11-9-16)14-18(5,7-2)19-13-12-15(3)4/h6,8-11,15H,1,7,12-14H2,2-5H3. The van der Waals surface area contributed by atoms with Gasteiger partial charge in [-0.2, -0.15) is 0 Å². The van der Waals surface area contributed by atoms with Crippen molar-refractivity contribution in [3.05, 3.63) is 42.0 Å². The van der Waals surface area contributed by atoms with E-state index in [0.717, 1.165) is 25.9 Å². The van der Waals surface area contributed by atoms with Crippen molar-refractivity contribution in [2.45, 2.75) is 52.6 Å². The zero-order valence-corrected chi connectivity index (χ0v) is 12.9. The van der Waals surface area contributed by atoms with Gasteiger partial charge in [-0.3, -0.25) is 0 Å². The highest BCUT2D eigenvalue weighted by molar-refractivity contribution is 5.47. The zero-order chi connectivity index (χ0) is 14.3. The topological polar surface area (TPSA) is 9.23 Å². The highest BCUT2D eigenvalue weighted by atomic mass is 16.5. The molecule has 1 atom stereocenters. The van der Waals surface area contributed by atoms with Crippen LogP contribution in [0.3, 0.4) is 0 Å². The summed E-state index contributed by atoms with van der Waals surface area (Å²) in [5.41, 5.74) is 2.45. The highest BCUT2D eigenvalue weighted by Gasteiger charge is 2.23. The van der Waals surface area contributed by atoms with Gasteiger partial charge in [0, 0.05) is 13.0 Å². The first-order chi connectivity index (χ1) is 8.99. The van der Waals surface area contributed by atoms with E-state index < -0.39 is 0 Å². The van der Waals surface area contributed by atoms with Gasteiger partial charge in [0.2, 0.25) is 0 Å². The van der Waals surface area contributed by atoms with E-state index in [1.807, 2.05) is 6.08 Å². The van der Waals surface area contributed by atoms with Crippen molar-refractivity contribution in [1.82, 2.24) is 0 Å². The maximum atomic E-state index is 6.13. The lowest BCUT2D eigenvalue weighted by Crippen LogP contribution is -2.31. The summed E-state index contributed by atoms with van der Waals surface area (Å²) in [6.07, 6.45) is 5.01. The molecule has 1 heteroatoms. The van der Waals surface area contributed by atoms with Gasteiger partial charge in [-0.05, 0) is 36.8 Å². The molecular formula is C18H28O. The normalized spacial score (nSPS) is 14.4. The summed E-state index contributed by atoms with van der Waals surface area (Å²) in [6, 6.07) is 8.59. The van der Waals surface area contributed by atoms with Gasteiger partial charge >= 0.3 is 0 Å². The fourth-order valence-corrected chi connectivity index (χ4v) is 2.02. The molecule has 0 N–H and O–H groups in total. The highest BCUT2D eigenvalue weighted by Crippen LogP contribution is 2.22. The average molecular weight is 260 g/mol. The lowest BCUT2D eigenvalue weighted by atomic mass is 9.93. The molecule has 1 nitrogen and oxygen atoms in total. The van der Waals surface area contributed by atoms with Crippen LogP contribution in [0.2, 0.25) is 0 Å². The van der Waals surface area contributed by atoms with Gasteiger partial charge in [-0.25, -0.2) is 0 Å². The second kappa shape index (κ2) is 7.49. The van der Waals surface area contributed by atoms with Gasteiger partial charge in [0.25, 0.3) is 0 Å². The lowest BCUT2D eigenvalue weighted by molar-refractivity contribution is -0.0381. The van der Waals surface area contributed by atoms with E-state index in [4.69, 9.17) is 4.74 Å². The molecule has 0 amide bonds. The number of benzene rings is 1. The summed E-state index contributed by atoms with van der Waals surface area (Å²) in [4.78, 5) is 0. The second-order valence-corrected chi connectivity index (χ2v) is 5.96. The van der Waals surface area contributed by atoms with Crippen molar-refractivity contribution >= 4 is 6.08 Å². The first kappa shape index (κ1) is 16.0. The minimum atomic E-state index is -0.0510. The van der Waals surface area contributed by atoms with Gasteiger partial charge in [0.15, 0.2) is 0 Å². The van der Waals surface area contributed by atoms with Gasteiger partial charge in [0.05, 0.1) is 5.60 Å². The van der Waals surface area contributed by atoms with Crippen LogP contribution in [0.1, 0.15) is 51.7 Å². The minimum Gasteiger partial charge on any atom is -0.375 e. The Balaban J connectivity index is 2.60. The zero-order valence-electron chi connectivity index (χ0n) is 12.9. The van der Waals surface area contributed by atoms with E-state index in [-0.39, 0.29) is 5.60 Å². The molecule has 1 rings (SSSR count). The third-order valence-corrected chi connectivity index (χ3v) is 3.69. The van der Waals surface area contributed by atoms with Crippen LogP contribution < -0.4 is 0 Å². The maximum Gasteiger partial charge on any atom is 0.0692 e. The van der Waals surface area contributed by atoms with Crippen LogP contribution in [0, 0.1) is 5.92 Å². The van der Waals surface area contributed by atoms with Gasteiger partial charge in [-0.15, -0.1) is 0 Å². The fraction of sp³-hybridized carbons (Fsp3) is 0.556. The molecule has 0 aliphatic carbocycles.